The zero-order valence-electron chi connectivity index (χ0n) is 10.3. The molecule has 100 valence electrons. The van der Waals surface area contributed by atoms with Crippen LogP contribution in [0.15, 0.2) is 18.2 Å². The van der Waals surface area contributed by atoms with Crippen LogP contribution in [0.3, 0.4) is 0 Å². The maximum absolute atomic E-state index is 10.7. The number of hydrogen-bond donors (Lipinski definition) is 4. The van der Waals surface area contributed by atoms with Crippen molar-refractivity contribution in [2.75, 3.05) is 13.7 Å². The molecule has 6 heteroatoms. The van der Waals surface area contributed by atoms with Gasteiger partial charge in [0.25, 0.3) is 0 Å². The number of nitrogens with one attached hydrogen (secondary N) is 1. The van der Waals surface area contributed by atoms with Gasteiger partial charge in [-0.2, -0.15) is 0 Å². The molecule has 0 saturated heterocycles. The van der Waals surface area contributed by atoms with Gasteiger partial charge in [-0.3, -0.25) is 4.79 Å². The highest BCUT2D eigenvalue weighted by atomic mass is 16.5. The van der Waals surface area contributed by atoms with Gasteiger partial charge in [0, 0.05) is 13.5 Å². The van der Waals surface area contributed by atoms with E-state index in [2.05, 4.69) is 5.32 Å². The smallest absolute Gasteiger partial charge is 0.216 e. The van der Waals surface area contributed by atoms with E-state index in [-0.39, 0.29) is 24.0 Å². The fourth-order valence-electron chi connectivity index (χ4n) is 1.46. The Morgan fingerprint density at radius 3 is 2.67 bits per heavy atom. The molecule has 0 aliphatic carbocycles. The van der Waals surface area contributed by atoms with Crippen LogP contribution in [-0.4, -0.2) is 41.0 Å². The summed E-state index contributed by atoms with van der Waals surface area (Å²) in [5.74, 6) is -0.132. The summed E-state index contributed by atoms with van der Waals surface area (Å²) in [5.41, 5.74) is 0.391. The Bertz CT molecular complexity index is 421. The van der Waals surface area contributed by atoms with Crippen molar-refractivity contribution in [3.05, 3.63) is 23.8 Å². The summed E-state index contributed by atoms with van der Waals surface area (Å²) >= 11 is 0. The Labute approximate surface area is 105 Å². The maximum Gasteiger partial charge on any atom is 0.216 e. The van der Waals surface area contributed by atoms with E-state index >= 15 is 0 Å². The maximum atomic E-state index is 10.7. The lowest BCUT2D eigenvalue weighted by molar-refractivity contribution is -0.119. The van der Waals surface area contributed by atoms with Gasteiger partial charge in [0.15, 0.2) is 11.5 Å². The molecule has 6 nitrogen and oxygen atoms in total. The van der Waals surface area contributed by atoms with Gasteiger partial charge in [-0.1, -0.05) is 6.07 Å². The number of phenols is 1. The van der Waals surface area contributed by atoms with Crippen LogP contribution in [0.2, 0.25) is 0 Å². The van der Waals surface area contributed by atoms with Gasteiger partial charge >= 0.3 is 0 Å². The van der Waals surface area contributed by atoms with Crippen LogP contribution in [0, 0.1) is 0 Å². The van der Waals surface area contributed by atoms with E-state index in [1.54, 1.807) is 0 Å². The first kappa shape index (κ1) is 14.3. The van der Waals surface area contributed by atoms with E-state index in [1.165, 1.54) is 32.2 Å². The number of aromatic hydroxyl groups is 1. The van der Waals surface area contributed by atoms with Crippen molar-refractivity contribution >= 4 is 5.91 Å². The van der Waals surface area contributed by atoms with Crippen molar-refractivity contribution in [2.24, 2.45) is 0 Å². The first-order valence-electron chi connectivity index (χ1n) is 5.43. The molecule has 2 atom stereocenters. The van der Waals surface area contributed by atoms with Crippen molar-refractivity contribution in [1.29, 1.82) is 0 Å². The van der Waals surface area contributed by atoms with Gasteiger partial charge in [-0.15, -0.1) is 0 Å². The number of methoxy groups -OCH3 is 1. The van der Waals surface area contributed by atoms with Gasteiger partial charge in [0.1, 0.15) is 12.2 Å². The normalized spacial score (nSPS) is 13.8. The third-order valence-corrected chi connectivity index (χ3v) is 2.47. The summed E-state index contributed by atoms with van der Waals surface area (Å²) in [6.45, 7) is 1.27. The number of phenolic OH excluding ortho intramolecular Hbond substituents is 1. The minimum absolute atomic E-state index is 0.0511. The minimum atomic E-state index is -1.17. The molecule has 0 aromatic heterocycles. The number of hydrogen-bond acceptors (Lipinski definition) is 5. The first-order valence-corrected chi connectivity index (χ1v) is 5.43. The Kier molecular flexibility index (Phi) is 4.94. The Hall–Kier alpha value is -1.79. The van der Waals surface area contributed by atoms with Crippen molar-refractivity contribution in [3.63, 3.8) is 0 Å². The van der Waals surface area contributed by atoms with Gasteiger partial charge in [-0.25, -0.2) is 0 Å². The minimum Gasteiger partial charge on any atom is -0.504 e. The molecule has 0 spiro atoms. The number of amides is 1. The number of rotatable bonds is 5. The number of aliphatic hydroxyl groups excluding tert-OH is 2. The summed E-state index contributed by atoms with van der Waals surface area (Å²) in [5, 5.41) is 31.4. The average molecular weight is 255 g/mol. The molecule has 1 aromatic rings. The molecule has 4 N–H and O–H groups in total. The van der Waals surface area contributed by atoms with Crippen LogP contribution in [0.1, 0.15) is 18.6 Å². The zero-order chi connectivity index (χ0) is 13.7. The van der Waals surface area contributed by atoms with Crippen molar-refractivity contribution in [1.82, 2.24) is 5.32 Å². The zero-order valence-corrected chi connectivity index (χ0v) is 10.3. The summed E-state index contributed by atoms with van der Waals surface area (Å²) in [6, 6.07) is 4.26. The van der Waals surface area contributed by atoms with Crippen LogP contribution in [-0.2, 0) is 4.79 Å². The molecule has 0 bridgehead atoms. The van der Waals surface area contributed by atoms with E-state index in [0.29, 0.717) is 5.56 Å². The second kappa shape index (κ2) is 6.23. The molecule has 1 aromatic carbocycles. The van der Waals surface area contributed by atoms with Crippen molar-refractivity contribution in [2.45, 2.75) is 19.1 Å². The lowest BCUT2D eigenvalue weighted by atomic mass is 10.0. The topological polar surface area (TPSA) is 99.0 Å². The summed E-state index contributed by atoms with van der Waals surface area (Å²) < 4.78 is 4.90. The molecule has 0 saturated carbocycles. The van der Waals surface area contributed by atoms with Crippen molar-refractivity contribution < 1.29 is 24.9 Å². The number of benzene rings is 1. The molecule has 2 unspecified atom stereocenters. The predicted octanol–water partition coefficient (Wildman–Crippen LogP) is -0.0688. The van der Waals surface area contributed by atoms with Crippen LogP contribution < -0.4 is 10.1 Å². The fraction of sp³-hybridized carbons (Fsp3) is 0.417. The summed E-state index contributed by atoms with van der Waals surface area (Å²) in [7, 11) is 1.39. The average Bonchev–Trinajstić information content (AvgIpc) is 2.35. The molecule has 0 radical (unpaired) electrons. The SMILES string of the molecule is COc1cc(C(O)C(O)CNC(C)=O)ccc1O. The third kappa shape index (κ3) is 3.61. The van der Waals surface area contributed by atoms with E-state index in [4.69, 9.17) is 4.74 Å². The van der Waals surface area contributed by atoms with Crippen LogP contribution in [0.5, 0.6) is 11.5 Å². The number of aliphatic hydroxyl groups is 2. The van der Waals surface area contributed by atoms with E-state index in [0.717, 1.165) is 0 Å². The summed E-state index contributed by atoms with van der Waals surface area (Å²) in [6.07, 6.45) is -2.31. The summed E-state index contributed by atoms with van der Waals surface area (Å²) in [4.78, 5) is 10.7. The van der Waals surface area contributed by atoms with E-state index in [9.17, 15) is 20.1 Å². The van der Waals surface area contributed by atoms with Crippen LogP contribution >= 0.6 is 0 Å². The Morgan fingerprint density at radius 2 is 2.11 bits per heavy atom. The van der Waals surface area contributed by atoms with Crippen LogP contribution in [0.4, 0.5) is 0 Å². The van der Waals surface area contributed by atoms with Crippen LogP contribution in [0.25, 0.3) is 0 Å². The molecule has 1 rings (SSSR count). The molecular weight excluding hydrogens is 238 g/mol. The van der Waals surface area contributed by atoms with E-state index < -0.39 is 12.2 Å². The fourth-order valence-corrected chi connectivity index (χ4v) is 1.46. The van der Waals surface area contributed by atoms with Gasteiger partial charge in [0.05, 0.1) is 7.11 Å². The highest BCUT2D eigenvalue weighted by Gasteiger charge is 2.19. The standard InChI is InChI=1S/C12H17NO5/c1-7(14)13-6-10(16)12(17)8-3-4-9(15)11(5-8)18-2/h3-5,10,12,15-17H,6H2,1-2H3,(H,13,14). The molecule has 18 heavy (non-hydrogen) atoms. The molecule has 0 aliphatic heterocycles. The van der Waals surface area contributed by atoms with Crippen molar-refractivity contribution in [3.8, 4) is 11.5 Å². The molecule has 0 heterocycles. The number of carbonyl (C=O) groups excluding carboxylic acids is 1. The third-order valence-electron chi connectivity index (χ3n) is 2.47. The van der Waals surface area contributed by atoms with Gasteiger partial charge in [-0.05, 0) is 17.7 Å². The van der Waals surface area contributed by atoms with E-state index in [1.807, 2.05) is 0 Å². The quantitative estimate of drug-likeness (QED) is 0.590. The number of carbonyl (C=O) groups is 1. The molecule has 1 amide bonds. The Morgan fingerprint density at radius 1 is 1.44 bits per heavy atom. The Balaban J connectivity index is 2.76. The van der Waals surface area contributed by atoms with Gasteiger partial charge in [0.2, 0.25) is 5.91 Å². The molecule has 0 aliphatic rings. The molecule has 0 fully saturated rings. The first-order chi connectivity index (χ1) is 8.45. The highest BCUT2D eigenvalue weighted by molar-refractivity contribution is 5.72. The number of ether oxygens (including phenoxy) is 1. The predicted molar refractivity (Wildman–Crippen MR) is 64.3 cm³/mol. The molecular formula is C12H17NO5. The lowest BCUT2D eigenvalue weighted by Crippen LogP contribution is -2.34. The lowest BCUT2D eigenvalue weighted by Gasteiger charge is -2.19. The van der Waals surface area contributed by atoms with Gasteiger partial charge < -0.3 is 25.4 Å². The highest BCUT2D eigenvalue weighted by Crippen LogP contribution is 2.29. The second-order valence-corrected chi connectivity index (χ2v) is 3.88. The largest absolute Gasteiger partial charge is 0.504 e. The second-order valence-electron chi connectivity index (χ2n) is 3.88. The monoisotopic (exact) mass is 255 g/mol.